The van der Waals surface area contributed by atoms with Crippen molar-refractivity contribution < 1.29 is 0 Å². The number of aromatic nitrogens is 2. The lowest BCUT2D eigenvalue weighted by Crippen LogP contribution is -2.33. The van der Waals surface area contributed by atoms with Gasteiger partial charge < -0.3 is 5.32 Å². The van der Waals surface area contributed by atoms with Crippen LogP contribution < -0.4 is 5.32 Å². The van der Waals surface area contributed by atoms with Crippen molar-refractivity contribution in [2.24, 2.45) is 13.0 Å². The average Bonchev–Trinajstić information content (AvgIpc) is 2.56. The molecule has 16 heavy (non-hydrogen) atoms. The number of nitrogens with zero attached hydrogens (tertiary/aromatic N) is 2. The SMILES string of the molecule is C[C@@H]1CCC[C@@H](NCc2c(Cl)cnn2C)C1. The Morgan fingerprint density at radius 3 is 3.00 bits per heavy atom. The van der Waals surface area contributed by atoms with Crippen molar-refractivity contribution in [1.82, 2.24) is 15.1 Å². The van der Waals surface area contributed by atoms with E-state index in [0.29, 0.717) is 6.04 Å². The van der Waals surface area contributed by atoms with Gasteiger partial charge in [0, 0.05) is 19.6 Å². The Labute approximate surface area is 102 Å². The molecule has 1 N–H and O–H groups in total. The molecule has 1 fully saturated rings. The molecule has 0 saturated heterocycles. The number of rotatable bonds is 3. The molecule has 0 aliphatic heterocycles. The van der Waals surface area contributed by atoms with E-state index < -0.39 is 0 Å². The number of hydrogen-bond donors (Lipinski definition) is 1. The molecule has 0 spiro atoms. The molecule has 90 valence electrons. The fourth-order valence-corrected chi connectivity index (χ4v) is 2.73. The van der Waals surface area contributed by atoms with Crippen molar-refractivity contribution >= 4 is 11.6 Å². The van der Waals surface area contributed by atoms with E-state index in [4.69, 9.17) is 11.6 Å². The van der Waals surface area contributed by atoms with Gasteiger partial charge in [-0.15, -0.1) is 0 Å². The summed E-state index contributed by atoms with van der Waals surface area (Å²) >= 11 is 6.07. The first kappa shape index (κ1) is 11.9. The third kappa shape index (κ3) is 2.77. The number of hydrogen-bond acceptors (Lipinski definition) is 2. The monoisotopic (exact) mass is 241 g/mol. The van der Waals surface area contributed by atoms with Crippen LogP contribution in [-0.2, 0) is 13.6 Å². The van der Waals surface area contributed by atoms with E-state index in [9.17, 15) is 0 Å². The highest BCUT2D eigenvalue weighted by Gasteiger charge is 2.18. The quantitative estimate of drug-likeness (QED) is 0.882. The van der Waals surface area contributed by atoms with Crippen LogP contribution in [0.3, 0.4) is 0 Å². The summed E-state index contributed by atoms with van der Waals surface area (Å²) in [6.45, 7) is 3.16. The lowest BCUT2D eigenvalue weighted by Gasteiger charge is -2.27. The molecular weight excluding hydrogens is 222 g/mol. The largest absolute Gasteiger partial charge is 0.308 e. The van der Waals surface area contributed by atoms with Gasteiger partial charge in [-0.05, 0) is 18.8 Å². The highest BCUT2D eigenvalue weighted by atomic mass is 35.5. The molecule has 1 aromatic rings. The second kappa shape index (κ2) is 5.19. The molecule has 1 aliphatic carbocycles. The molecule has 4 heteroatoms. The molecule has 1 aliphatic rings. The molecule has 0 amide bonds. The standard InChI is InChI=1S/C12H20ClN3/c1-9-4-3-5-10(6-9)14-8-12-11(13)7-15-16(12)2/h7,9-10,14H,3-6,8H2,1-2H3/t9-,10-/m1/s1. The predicted octanol–water partition coefficient (Wildman–Crippen LogP) is 2.74. The van der Waals surface area contributed by atoms with E-state index in [0.717, 1.165) is 23.2 Å². The summed E-state index contributed by atoms with van der Waals surface area (Å²) in [7, 11) is 1.94. The van der Waals surface area contributed by atoms with E-state index in [-0.39, 0.29) is 0 Å². The van der Waals surface area contributed by atoms with Gasteiger partial charge in [0.15, 0.2) is 0 Å². The summed E-state index contributed by atoms with van der Waals surface area (Å²) < 4.78 is 1.85. The van der Waals surface area contributed by atoms with Gasteiger partial charge in [-0.25, -0.2) is 0 Å². The first-order chi connectivity index (χ1) is 7.66. The third-order valence-corrected chi connectivity index (χ3v) is 3.82. The lowest BCUT2D eigenvalue weighted by atomic mass is 9.87. The third-order valence-electron chi connectivity index (χ3n) is 3.51. The van der Waals surface area contributed by atoms with Crippen LogP contribution in [0.4, 0.5) is 0 Å². The molecule has 0 unspecified atom stereocenters. The topological polar surface area (TPSA) is 29.9 Å². The maximum absolute atomic E-state index is 6.07. The van der Waals surface area contributed by atoms with E-state index >= 15 is 0 Å². The molecule has 1 saturated carbocycles. The normalized spacial score (nSPS) is 25.9. The Morgan fingerprint density at radius 2 is 2.38 bits per heavy atom. The smallest absolute Gasteiger partial charge is 0.0831 e. The van der Waals surface area contributed by atoms with Gasteiger partial charge >= 0.3 is 0 Å². The van der Waals surface area contributed by atoms with Gasteiger partial charge in [-0.3, -0.25) is 4.68 Å². The van der Waals surface area contributed by atoms with Crippen molar-refractivity contribution in [3.05, 3.63) is 16.9 Å². The Kier molecular flexibility index (Phi) is 3.87. The van der Waals surface area contributed by atoms with Crippen LogP contribution in [0.2, 0.25) is 5.02 Å². The Hall–Kier alpha value is -0.540. The zero-order valence-electron chi connectivity index (χ0n) is 10.0. The van der Waals surface area contributed by atoms with Crippen molar-refractivity contribution in [2.75, 3.05) is 0 Å². The Morgan fingerprint density at radius 1 is 1.56 bits per heavy atom. The summed E-state index contributed by atoms with van der Waals surface area (Å²) in [5.41, 5.74) is 1.08. The van der Waals surface area contributed by atoms with E-state index in [1.54, 1.807) is 6.20 Å². The first-order valence-corrected chi connectivity index (χ1v) is 6.44. The average molecular weight is 242 g/mol. The van der Waals surface area contributed by atoms with Crippen LogP contribution >= 0.6 is 11.6 Å². The molecule has 1 aromatic heterocycles. The minimum Gasteiger partial charge on any atom is -0.308 e. The van der Waals surface area contributed by atoms with Crippen molar-refractivity contribution in [3.63, 3.8) is 0 Å². The van der Waals surface area contributed by atoms with Crippen molar-refractivity contribution in [1.29, 1.82) is 0 Å². The lowest BCUT2D eigenvalue weighted by molar-refractivity contribution is 0.299. The molecule has 3 nitrogen and oxygen atoms in total. The molecule has 1 heterocycles. The van der Waals surface area contributed by atoms with Crippen LogP contribution in [0.5, 0.6) is 0 Å². The van der Waals surface area contributed by atoms with E-state index in [1.807, 2.05) is 11.7 Å². The van der Waals surface area contributed by atoms with Gasteiger partial charge in [-0.2, -0.15) is 5.10 Å². The van der Waals surface area contributed by atoms with Crippen LogP contribution in [0.1, 0.15) is 38.3 Å². The second-order valence-corrected chi connectivity index (χ2v) is 5.32. The summed E-state index contributed by atoms with van der Waals surface area (Å²) in [5.74, 6) is 0.855. The van der Waals surface area contributed by atoms with Gasteiger partial charge in [0.1, 0.15) is 0 Å². The van der Waals surface area contributed by atoms with Gasteiger partial charge in [0.05, 0.1) is 16.9 Å². The highest BCUT2D eigenvalue weighted by Crippen LogP contribution is 2.24. The van der Waals surface area contributed by atoms with Crippen LogP contribution in [0.15, 0.2) is 6.20 Å². The number of nitrogens with one attached hydrogen (secondary N) is 1. The first-order valence-electron chi connectivity index (χ1n) is 6.06. The molecule has 0 radical (unpaired) electrons. The van der Waals surface area contributed by atoms with Gasteiger partial charge in [-0.1, -0.05) is 31.4 Å². The van der Waals surface area contributed by atoms with Crippen molar-refractivity contribution in [3.8, 4) is 0 Å². The fourth-order valence-electron chi connectivity index (χ4n) is 2.50. The molecule has 2 rings (SSSR count). The molecular formula is C12H20ClN3. The Balaban J connectivity index is 1.87. The fraction of sp³-hybridized carbons (Fsp3) is 0.750. The van der Waals surface area contributed by atoms with Crippen LogP contribution in [-0.4, -0.2) is 15.8 Å². The number of halogens is 1. The summed E-state index contributed by atoms with van der Waals surface area (Å²) in [4.78, 5) is 0. The number of aryl methyl sites for hydroxylation is 1. The highest BCUT2D eigenvalue weighted by molar-refractivity contribution is 6.31. The van der Waals surface area contributed by atoms with E-state index in [1.165, 1.54) is 25.7 Å². The molecule has 0 bridgehead atoms. The van der Waals surface area contributed by atoms with Crippen LogP contribution in [0, 0.1) is 5.92 Å². The summed E-state index contributed by atoms with van der Waals surface area (Å²) in [6, 6.07) is 0.648. The molecule has 0 aromatic carbocycles. The van der Waals surface area contributed by atoms with Gasteiger partial charge in [0.25, 0.3) is 0 Å². The Bertz CT molecular complexity index is 329. The second-order valence-electron chi connectivity index (χ2n) is 4.91. The minimum atomic E-state index is 0.648. The van der Waals surface area contributed by atoms with Crippen LogP contribution in [0.25, 0.3) is 0 Å². The maximum Gasteiger partial charge on any atom is 0.0831 e. The summed E-state index contributed by atoms with van der Waals surface area (Å²) in [5, 5.41) is 8.49. The van der Waals surface area contributed by atoms with Crippen molar-refractivity contribution in [2.45, 2.75) is 45.2 Å². The van der Waals surface area contributed by atoms with Gasteiger partial charge in [0.2, 0.25) is 0 Å². The molecule has 2 atom stereocenters. The predicted molar refractivity (Wildman–Crippen MR) is 66.5 cm³/mol. The minimum absolute atomic E-state index is 0.648. The maximum atomic E-state index is 6.07. The zero-order chi connectivity index (χ0) is 11.5. The van der Waals surface area contributed by atoms with E-state index in [2.05, 4.69) is 17.3 Å². The summed E-state index contributed by atoms with van der Waals surface area (Å²) in [6.07, 6.45) is 7.01. The zero-order valence-corrected chi connectivity index (χ0v) is 10.8.